The van der Waals surface area contributed by atoms with Crippen LogP contribution in [0.25, 0.3) is 0 Å². The van der Waals surface area contributed by atoms with Gasteiger partial charge in [0.05, 0.1) is 5.75 Å². The summed E-state index contributed by atoms with van der Waals surface area (Å²) >= 11 is 2.93. The first-order valence-corrected chi connectivity index (χ1v) is 9.94. The second-order valence-corrected chi connectivity index (χ2v) is 7.71. The van der Waals surface area contributed by atoms with Crippen LogP contribution in [0.4, 0.5) is 5.13 Å². The first-order chi connectivity index (χ1) is 11.6. The molecule has 0 aliphatic carbocycles. The average molecular weight is 365 g/mol. The van der Waals surface area contributed by atoms with Crippen LogP contribution < -0.4 is 5.32 Å². The van der Waals surface area contributed by atoms with Crippen molar-refractivity contribution in [2.75, 3.05) is 24.7 Å². The Labute approximate surface area is 151 Å². The highest BCUT2D eigenvalue weighted by molar-refractivity contribution is 8.01. The Kier molecular flexibility index (Phi) is 7.52. The summed E-state index contributed by atoms with van der Waals surface area (Å²) in [5, 5.41) is 12.2. The van der Waals surface area contributed by atoms with Gasteiger partial charge >= 0.3 is 0 Å². The Morgan fingerprint density at radius 1 is 1.21 bits per heavy atom. The molecule has 1 aromatic heterocycles. The van der Waals surface area contributed by atoms with E-state index in [4.69, 9.17) is 0 Å². The van der Waals surface area contributed by atoms with Gasteiger partial charge < -0.3 is 10.2 Å². The predicted molar refractivity (Wildman–Crippen MR) is 102 cm³/mol. The van der Waals surface area contributed by atoms with Crippen LogP contribution in [0.3, 0.4) is 0 Å². The first-order valence-electron chi connectivity index (χ1n) is 8.14. The van der Waals surface area contributed by atoms with E-state index >= 15 is 0 Å². The maximum atomic E-state index is 12.3. The average Bonchev–Trinajstić information content (AvgIpc) is 3.06. The van der Waals surface area contributed by atoms with Crippen molar-refractivity contribution in [3.63, 3.8) is 0 Å². The maximum Gasteiger partial charge on any atom is 0.233 e. The molecule has 0 radical (unpaired) electrons. The van der Waals surface area contributed by atoms with Crippen molar-refractivity contribution >= 4 is 34.1 Å². The Morgan fingerprint density at radius 3 is 2.58 bits per heavy atom. The van der Waals surface area contributed by atoms with E-state index < -0.39 is 0 Å². The van der Waals surface area contributed by atoms with Crippen molar-refractivity contribution < 1.29 is 4.79 Å². The van der Waals surface area contributed by atoms with Crippen molar-refractivity contribution in [2.45, 2.75) is 37.6 Å². The molecule has 0 unspecified atom stereocenters. The van der Waals surface area contributed by atoms with E-state index in [1.807, 2.05) is 7.05 Å². The van der Waals surface area contributed by atoms with Crippen LogP contribution in [0, 0.1) is 0 Å². The lowest BCUT2D eigenvalue weighted by Gasteiger charge is -2.17. The van der Waals surface area contributed by atoms with Gasteiger partial charge in [-0.15, -0.1) is 10.2 Å². The van der Waals surface area contributed by atoms with Crippen LogP contribution in [-0.2, 0) is 17.8 Å². The van der Waals surface area contributed by atoms with Gasteiger partial charge in [-0.3, -0.25) is 4.79 Å². The van der Waals surface area contributed by atoms with Crippen molar-refractivity contribution in [1.82, 2.24) is 15.1 Å². The van der Waals surface area contributed by atoms with Crippen LogP contribution in [0.15, 0.2) is 28.6 Å². The predicted octanol–water partition coefficient (Wildman–Crippen LogP) is 3.67. The van der Waals surface area contributed by atoms with Gasteiger partial charge in [0.15, 0.2) is 4.34 Å². The summed E-state index contributed by atoms with van der Waals surface area (Å²) in [5.41, 5.74) is 2.46. The van der Waals surface area contributed by atoms with Crippen LogP contribution in [0.5, 0.6) is 0 Å². The third kappa shape index (κ3) is 5.79. The lowest BCUT2D eigenvalue weighted by Crippen LogP contribution is -2.27. The summed E-state index contributed by atoms with van der Waals surface area (Å²) in [4.78, 5) is 14.0. The molecular weight excluding hydrogens is 340 g/mol. The number of thioether (sulfide) groups is 1. The molecule has 1 amide bonds. The number of benzene rings is 1. The molecule has 1 N–H and O–H groups in total. The van der Waals surface area contributed by atoms with Crippen molar-refractivity contribution in [1.29, 1.82) is 0 Å². The fourth-order valence-corrected chi connectivity index (χ4v) is 3.77. The van der Waals surface area contributed by atoms with Gasteiger partial charge in [-0.2, -0.15) is 0 Å². The summed E-state index contributed by atoms with van der Waals surface area (Å²) in [5.74, 6) is 0.476. The van der Waals surface area contributed by atoms with Crippen molar-refractivity contribution in [2.24, 2.45) is 0 Å². The minimum Gasteiger partial charge on any atom is -0.360 e. The van der Waals surface area contributed by atoms with E-state index in [0.717, 1.165) is 34.4 Å². The fourth-order valence-electron chi connectivity index (χ4n) is 2.05. The zero-order valence-corrected chi connectivity index (χ0v) is 16.0. The van der Waals surface area contributed by atoms with E-state index in [1.165, 1.54) is 28.7 Å². The molecule has 7 heteroatoms. The molecule has 24 heavy (non-hydrogen) atoms. The van der Waals surface area contributed by atoms with Crippen LogP contribution in [-0.4, -0.2) is 40.3 Å². The van der Waals surface area contributed by atoms with Gasteiger partial charge in [0, 0.05) is 20.1 Å². The highest BCUT2D eigenvalue weighted by Gasteiger charge is 2.12. The molecule has 5 nitrogen and oxygen atoms in total. The smallest absolute Gasteiger partial charge is 0.233 e. The van der Waals surface area contributed by atoms with Gasteiger partial charge in [-0.1, -0.05) is 61.2 Å². The molecule has 2 aromatic rings. The molecule has 0 spiro atoms. The number of hydrogen-bond acceptors (Lipinski definition) is 6. The molecule has 1 heterocycles. The molecule has 0 aliphatic heterocycles. The number of amides is 1. The molecule has 0 fully saturated rings. The van der Waals surface area contributed by atoms with Gasteiger partial charge in [0.25, 0.3) is 0 Å². The third-order valence-corrected chi connectivity index (χ3v) is 5.53. The number of aromatic nitrogens is 2. The second kappa shape index (κ2) is 9.64. The lowest BCUT2D eigenvalue weighted by molar-refractivity contribution is -0.127. The molecule has 2 rings (SSSR count). The zero-order chi connectivity index (χ0) is 17.4. The van der Waals surface area contributed by atoms with E-state index in [2.05, 4.69) is 53.6 Å². The third-order valence-electron chi connectivity index (χ3n) is 3.53. The quantitative estimate of drug-likeness (QED) is 0.688. The van der Waals surface area contributed by atoms with E-state index in [1.54, 1.807) is 4.90 Å². The van der Waals surface area contributed by atoms with Crippen LogP contribution in [0.1, 0.15) is 31.4 Å². The van der Waals surface area contributed by atoms with Crippen LogP contribution in [0.2, 0.25) is 0 Å². The van der Waals surface area contributed by atoms with E-state index in [0.29, 0.717) is 12.3 Å². The monoisotopic (exact) mass is 364 g/mol. The second-order valence-electron chi connectivity index (χ2n) is 5.51. The molecule has 0 aliphatic rings. The normalized spacial score (nSPS) is 10.6. The summed E-state index contributed by atoms with van der Waals surface area (Å²) in [6.45, 7) is 5.76. The van der Waals surface area contributed by atoms with Gasteiger partial charge in [0.1, 0.15) is 0 Å². The summed E-state index contributed by atoms with van der Waals surface area (Å²) in [7, 11) is 1.84. The van der Waals surface area contributed by atoms with Crippen LogP contribution >= 0.6 is 23.1 Å². The zero-order valence-electron chi connectivity index (χ0n) is 14.4. The topological polar surface area (TPSA) is 58.1 Å². The Bertz CT molecular complexity index is 642. The molecule has 0 saturated heterocycles. The van der Waals surface area contributed by atoms with E-state index in [-0.39, 0.29) is 5.91 Å². The largest absolute Gasteiger partial charge is 0.360 e. The highest BCUT2D eigenvalue weighted by Crippen LogP contribution is 2.25. The number of rotatable bonds is 9. The standard InChI is InChI=1S/C17H24N4OS2/c1-4-10-18-16-19-20-17(24-16)23-12-15(22)21(3)11-14-8-6-13(5-2)7-9-14/h6-9H,4-5,10-12H2,1-3H3,(H,18,19). The first kappa shape index (κ1) is 18.7. The summed E-state index contributed by atoms with van der Waals surface area (Å²) in [6, 6.07) is 8.42. The van der Waals surface area contributed by atoms with Gasteiger partial charge in [-0.05, 0) is 24.0 Å². The maximum absolute atomic E-state index is 12.3. The van der Waals surface area contributed by atoms with Crippen molar-refractivity contribution in [3.05, 3.63) is 35.4 Å². The van der Waals surface area contributed by atoms with Gasteiger partial charge in [-0.25, -0.2) is 0 Å². The number of hydrogen-bond donors (Lipinski definition) is 1. The molecule has 130 valence electrons. The molecule has 0 atom stereocenters. The molecule has 0 bridgehead atoms. The Hall–Kier alpha value is -1.60. The van der Waals surface area contributed by atoms with Gasteiger partial charge in [0.2, 0.25) is 11.0 Å². The molecule has 1 aromatic carbocycles. The molecular formula is C17H24N4OS2. The summed E-state index contributed by atoms with van der Waals surface area (Å²) < 4.78 is 0.822. The highest BCUT2D eigenvalue weighted by atomic mass is 32.2. The SMILES string of the molecule is CCCNc1nnc(SCC(=O)N(C)Cc2ccc(CC)cc2)s1. The Balaban J connectivity index is 1.79. The van der Waals surface area contributed by atoms with Crippen molar-refractivity contribution in [3.8, 4) is 0 Å². The lowest BCUT2D eigenvalue weighted by atomic mass is 10.1. The minimum absolute atomic E-state index is 0.0952. The molecule has 0 saturated carbocycles. The minimum atomic E-state index is 0.0952. The number of carbonyl (C=O) groups excluding carboxylic acids is 1. The number of nitrogens with zero attached hydrogens (tertiary/aromatic N) is 3. The number of nitrogens with one attached hydrogen (secondary N) is 1. The number of carbonyl (C=O) groups is 1. The number of anilines is 1. The Morgan fingerprint density at radius 2 is 1.92 bits per heavy atom. The fraction of sp³-hybridized carbons (Fsp3) is 0.471. The summed E-state index contributed by atoms with van der Waals surface area (Å²) in [6.07, 6.45) is 2.08. The number of aryl methyl sites for hydroxylation is 1. The van der Waals surface area contributed by atoms with E-state index in [9.17, 15) is 4.79 Å².